The number of hydrogen-bond acceptors (Lipinski definition) is 2. The van der Waals surface area contributed by atoms with Gasteiger partial charge in [0.2, 0.25) is 0 Å². The molecule has 1 heterocycles. The van der Waals surface area contributed by atoms with Crippen molar-refractivity contribution in [2.24, 2.45) is 0 Å². The first kappa shape index (κ1) is 12.2. The van der Waals surface area contributed by atoms with E-state index in [-0.39, 0.29) is 0 Å². The molecule has 0 N–H and O–H groups in total. The predicted octanol–water partition coefficient (Wildman–Crippen LogP) is 3.46. The van der Waals surface area contributed by atoms with E-state index in [0.29, 0.717) is 6.07 Å². The van der Waals surface area contributed by atoms with Crippen molar-refractivity contribution in [2.45, 2.75) is 12.8 Å². The Morgan fingerprint density at radius 1 is 1.33 bits per heavy atom. The highest BCUT2D eigenvalue weighted by Gasteiger charge is 2.34. The summed E-state index contributed by atoms with van der Waals surface area (Å²) >= 11 is 2.56. The van der Waals surface area contributed by atoms with Crippen LogP contribution in [0.4, 0.5) is 22.0 Å². The molecule has 0 bridgehead atoms. The van der Waals surface area contributed by atoms with Gasteiger partial charge in [-0.05, 0) is 22.0 Å². The van der Waals surface area contributed by atoms with E-state index in [1.807, 2.05) is 0 Å². The molecule has 0 atom stereocenters. The van der Waals surface area contributed by atoms with Crippen LogP contribution in [0.15, 0.2) is 16.9 Å². The fourth-order valence-electron chi connectivity index (χ4n) is 0.795. The van der Waals surface area contributed by atoms with Gasteiger partial charge in [-0.2, -0.15) is 22.0 Å². The maximum atomic E-state index is 12.3. The first-order valence-corrected chi connectivity index (χ1v) is 4.27. The fraction of sp³-hybridized carbons (Fsp3) is 0.286. The molecule has 1 aromatic rings. The molecule has 0 saturated carbocycles. The molecule has 2 nitrogen and oxygen atoms in total. The summed E-state index contributed by atoms with van der Waals surface area (Å²) in [5.41, 5.74) is -1.17. The highest BCUT2D eigenvalue weighted by molar-refractivity contribution is 9.10. The second-order valence-electron chi connectivity index (χ2n) is 2.39. The summed E-state index contributed by atoms with van der Waals surface area (Å²) in [5.74, 6) is -0.638. The number of pyridine rings is 1. The van der Waals surface area contributed by atoms with Crippen molar-refractivity contribution < 1.29 is 26.7 Å². The van der Waals surface area contributed by atoms with E-state index in [9.17, 15) is 22.0 Å². The second-order valence-corrected chi connectivity index (χ2v) is 3.14. The molecular formula is C7H3BrF5NO. The van der Waals surface area contributed by atoms with Crippen LogP contribution in [0.2, 0.25) is 0 Å². The van der Waals surface area contributed by atoms with Crippen LogP contribution in [-0.4, -0.2) is 11.6 Å². The van der Waals surface area contributed by atoms with Gasteiger partial charge in [0.05, 0.1) is 11.8 Å². The Bertz CT molecular complexity index is 354. The van der Waals surface area contributed by atoms with E-state index < -0.39 is 28.7 Å². The number of hydrogen-bond donors (Lipinski definition) is 0. The normalized spacial score (nSPS) is 11.9. The van der Waals surface area contributed by atoms with Crippen molar-refractivity contribution in [1.29, 1.82) is 0 Å². The Morgan fingerprint density at radius 2 is 1.93 bits per heavy atom. The van der Waals surface area contributed by atoms with E-state index >= 15 is 0 Å². The van der Waals surface area contributed by atoms with Crippen molar-refractivity contribution in [3.05, 3.63) is 22.4 Å². The van der Waals surface area contributed by atoms with Crippen molar-refractivity contribution in [3.63, 3.8) is 0 Å². The van der Waals surface area contributed by atoms with Crippen molar-refractivity contribution in [1.82, 2.24) is 4.98 Å². The monoisotopic (exact) mass is 291 g/mol. The molecule has 0 spiro atoms. The molecule has 0 fully saturated rings. The number of halogens is 6. The molecule has 1 aromatic heterocycles. The third kappa shape index (κ3) is 3.29. The van der Waals surface area contributed by atoms with Crippen LogP contribution in [0.3, 0.4) is 0 Å². The predicted molar refractivity (Wildman–Crippen MR) is 43.6 cm³/mol. The Labute approximate surface area is 89.2 Å². The zero-order chi connectivity index (χ0) is 11.6. The van der Waals surface area contributed by atoms with Gasteiger partial charge in [0, 0.05) is 0 Å². The molecule has 0 aliphatic rings. The summed E-state index contributed by atoms with van der Waals surface area (Å²) in [4.78, 5) is 3.24. The van der Waals surface area contributed by atoms with Crippen LogP contribution < -0.4 is 4.74 Å². The van der Waals surface area contributed by atoms with Crippen LogP contribution >= 0.6 is 15.9 Å². The zero-order valence-corrected chi connectivity index (χ0v) is 8.44. The molecule has 1 rings (SSSR count). The molecule has 84 valence electrons. The summed E-state index contributed by atoms with van der Waals surface area (Å²) in [7, 11) is 0. The van der Waals surface area contributed by atoms with E-state index in [2.05, 4.69) is 25.7 Å². The lowest BCUT2D eigenvalue weighted by molar-refractivity contribution is -0.138. The van der Waals surface area contributed by atoms with Gasteiger partial charge >= 0.3 is 12.8 Å². The lowest BCUT2D eigenvalue weighted by Gasteiger charge is -2.10. The smallest absolute Gasteiger partial charge is 0.419 e. The number of ether oxygens (including phenoxy) is 1. The Morgan fingerprint density at radius 3 is 2.40 bits per heavy atom. The molecule has 0 radical (unpaired) electrons. The molecule has 8 heteroatoms. The molecule has 0 saturated heterocycles. The van der Waals surface area contributed by atoms with Gasteiger partial charge in [-0.15, -0.1) is 0 Å². The molecular weight excluding hydrogens is 289 g/mol. The number of rotatable bonds is 2. The first-order valence-electron chi connectivity index (χ1n) is 3.48. The fourth-order valence-corrected chi connectivity index (χ4v) is 1.24. The average molecular weight is 292 g/mol. The van der Waals surface area contributed by atoms with Crippen LogP contribution in [-0.2, 0) is 6.18 Å². The van der Waals surface area contributed by atoms with Crippen LogP contribution in [0, 0.1) is 0 Å². The summed E-state index contributed by atoms with van der Waals surface area (Å²) in [5, 5.41) is 0. The minimum Gasteiger partial charge on any atom is -0.433 e. The van der Waals surface area contributed by atoms with Crippen LogP contribution in [0.5, 0.6) is 5.75 Å². The topological polar surface area (TPSA) is 22.1 Å². The molecule has 0 amide bonds. The maximum absolute atomic E-state index is 12.3. The first-order chi connectivity index (χ1) is 6.80. The van der Waals surface area contributed by atoms with E-state index in [4.69, 9.17) is 0 Å². The molecule has 15 heavy (non-hydrogen) atoms. The highest BCUT2D eigenvalue weighted by atomic mass is 79.9. The minimum absolute atomic E-state index is 0.448. The van der Waals surface area contributed by atoms with Crippen molar-refractivity contribution >= 4 is 15.9 Å². The summed E-state index contributed by atoms with van der Waals surface area (Å²) in [6, 6.07) is 0.448. The molecule has 0 aliphatic carbocycles. The summed E-state index contributed by atoms with van der Waals surface area (Å²) in [6.07, 6.45) is -3.90. The SMILES string of the molecule is FC(F)Oc1cnc(Br)c(C(F)(F)F)c1. The highest BCUT2D eigenvalue weighted by Crippen LogP contribution is 2.35. The van der Waals surface area contributed by atoms with Gasteiger partial charge in [0.15, 0.2) is 0 Å². The summed E-state index contributed by atoms with van der Waals surface area (Å²) in [6.45, 7) is -3.19. The third-order valence-electron chi connectivity index (χ3n) is 1.34. The molecule has 0 unspecified atom stereocenters. The van der Waals surface area contributed by atoms with E-state index in [1.54, 1.807) is 0 Å². The van der Waals surface area contributed by atoms with Gasteiger partial charge in [-0.1, -0.05) is 0 Å². The van der Waals surface area contributed by atoms with Gasteiger partial charge in [0.1, 0.15) is 10.4 Å². The second kappa shape index (κ2) is 4.30. The number of aromatic nitrogens is 1. The van der Waals surface area contributed by atoms with Crippen LogP contribution in [0.25, 0.3) is 0 Å². The minimum atomic E-state index is -4.67. The molecule has 0 aliphatic heterocycles. The Balaban J connectivity index is 3.06. The van der Waals surface area contributed by atoms with Gasteiger partial charge in [-0.3, -0.25) is 0 Å². The summed E-state index contributed by atoms with van der Waals surface area (Å²) < 4.78 is 63.5. The standard InChI is InChI=1S/C7H3BrF5NO/c8-5-4(7(11,12)13)1-3(2-14-5)15-6(9)10/h1-2,6H. The lowest BCUT2D eigenvalue weighted by atomic mass is 10.3. The molecule has 0 aromatic carbocycles. The van der Waals surface area contributed by atoms with Gasteiger partial charge < -0.3 is 4.74 Å². The average Bonchev–Trinajstić information content (AvgIpc) is 2.05. The van der Waals surface area contributed by atoms with Crippen molar-refractivity contribution in [2.75, 3.05) is 0 Å². The van der Waals surface area contributed by atoms with Gasteiger partial charge in [0.25, 0.3) is 0 Å². The maximum Gasteiger partial charge on any atom is 0.419 e. The van der Waals surface area contributed by atoms with Crippen molar-refractivity contribution in [3.8, 4) is 5.75 Å². The van der Waals surface area contributed by atoms with Gasteiger partial charge in [-0.25, -0.2) is 4.98 Å². The largest absolute Gasteiger partial charge is 0.433 e. The third-order valence-corrected chi connectivity index (χ3v) is 1.98. The number of nitrogens with zero attached hydrogens (tertiary/aromatic N) is 1. The number of alkyl halides is 5. The van der Waals surface area contributed by atoms with Crippen LogP contribution in [0.1, 0.15) is 5.56 Å². The Hall–Kier alpha value is -0.920. The van der Waals surface area contributed by atoms with E-state index in [1.165, 1.54) is 0 Å². The lowest BCUT2D eigenvalue weighted by Crippen LogP contribution is -2.09. The zero-order valence-electron chi connectivity index (χ0n) is 6.86. The van der Waals surface area contributed by atoms with E-state index in [0.717, 1.165) is 6.20 Å². The quantitative estimate of drug-likeness (QED) is 0.615. The Kier molecular flexibility index (Phi) is 3.48.